The largest absolute Gasteiger partial charge is 0.382 e. The molecule has 1 heterocycles. The lowest BCUT2D eigenvalue weighted by atomic mass is 10.1. The number of anilines is 1. The molecule has 0 aliphatic carbocycles. The van der Waals surface area contributed by atoms with Crippen molar-refractivity contribution in [1.29, 1.82) is 0 Å². The zero-order chi connectivity index (χ0) is 13.0. The fraction of sp³-hybridized carbons (Fsp3) is 0.462. The minimum absolute atomic E-state index is 0.0744. The number of carbonyl (C=O) groups is 1. The Bertz CT molecular complexity index is 435. The summed E-state index contributed by atoms with van der Waals surface area (Å²) in [6, 6.07) is 7.84. The average molecular weight is 266 g/mol. The lowest BCUT2D eigenvalue weighted by molar-refractivity contribution is 0.0963. The number of carbonyl (C=O) groups excluding carboxylic acids is 1. The first-order chi connectivity index (χ1) is 8.69. The molecule has 2 rings (SSSR count). The molecule has 4 nitrogen and oxygen atoms in total. The van der Waals surface area contributed by atoms with Gasteiger partial charge in [0.2, 0.25) is 0 Å². The standard InChI is InChI=1S/C13H18N2O2S/c1-14-13(16)10-2-4-11(5-3-10)15-12-6-8-18(17)9-7-12/h2-5,12,15H,6-9H2,1H3,(H,14,16). The summed E-state index contributed by atoms with van der Waals surface area (Å²) in [4.78, 5) is 11.4. The number of benzene rings is 1. The highest BCUT2D eigenvalue weighted by molar-refractivity contribution is 7.85. The highest BCUT2D eigenvalue weighted by Crippen LogP contribution is 2.16. The zero-order valence-corrected chi connectivity index (χ0v) is 11.3. The third-order valence-electron chi connectivity index (χ3n) is 3.13. The van der Waals surface area contributed by atoms with E-state index in [4.69, 9.17) is 0 Å². The van der Waals surface area contributed by atoms with Crippen LogP contribution in [-0.2, 0) is 10.8 Å². The molecule has 18 heavy (non-hydrogen) atoms. The van der Waals surface area contributed by atoms with Gasteiger partial charge >= 0.3 is 0 Å². The van der Waals surface area contributed by atoms with Crippen molar-refractivity contribution in [3.63, 3.8) is 0 Å². The lowest BCUT2D eigenvalue weighted by Gasteiger charge is -2.23. The SMILES string of the molecule is CNC(=O)c1ccc(NC2CCS(=O)CC2)cc1. The first-order valence-corrected chi connectivity index (χ1v) is 7.61. The lowest BCUT2D eigenvalue weighted by Crippen LogP contribution is -2.29. The summed E-state index contributed by atoms with van der Waals surface area (Å²) in [6.07, 6.45) is 1.90. The molecule has 0 atom stereocenters. The van der Waals surface area contributed by atoms with Crippen molar-refractivity contribution < 1.29 is 9.00 Å². The van der Waals surface area contributed by atoms with Crippen molar-refractivity contribution in [1.82, 2.24) is 5.32 Å². The van der Waals surface area contributed by atoms with E-state index in [1.807, 2.05) is 24.3 Å². The van der Waals surface area contributed by atoms with E-state index in [1.165, 1.54) is 0 Å². The Labute approximate surface area is 110 Å². The third kappa shape index (κ3) is 3.32. The van der Waals surface area contributed by atoms with Gasteiger partial charge in [0, 0.05) is 46.6 Å². The minimum atomic E-state index is -0.623. The number of hydrogen-bond donors (Lipinski definition) is 2. The Morgan fingerprint density at radius 1 is 1.22 bits per heavy atom. The van der Waals surface area contributed by atoms with E-state index >= 15 is 0 Å². The van der Waals surface area contributed by atoms with Crippen molar-refractivity contribution in [2.24, 2.45) is 0 Å². The molecule has 0 spiro atoms. The maximum absolute atomic E-state index is 11.4. The highest BCUT2D eigenvalue weighted by atomic mass is 32.2. The van der Waals surface area contributed by atoms with Crippen LogP contribution in [0.2, 0.25) is 0 Å². The van der Waals surface area contributed by atoms with Crippen LogP contribution in [0.3, 0.4) is 0 Å². The molecular weight excluding hydrogens is 248 g/mol. The van der Waals surface area contributed by atoms with Crippen LogP contribution >= 0.6 is 0 Å². The summed E-state index contributed by atoms with van der Waals surface area (Å²) >= 11 is 0. The number of rotatable bonds is 3. The molecule has 1 amide bonds. The Kier molecular flexibility index (Phi) is 4.36. The molecule has 1 aromatic rings. The van der Waals surface area contributed by atoms with Gasteiger partial charge in [0.05, 0.1) is 0 Å². The van der Waals surface area contributed by atoms with Gasteiger partial charge in [-0.3, -0.25) is 9.00 Å². The number of nitrogens with one attached hydrogen (secondary N) is 2. The Morgan fingerprint density at radius 2 is 1.83 bits per heavy atom. The van der Waals surface area contributed by atoms with Gasteiger partial charge in [0.1, 0.15) is 0 Å². The molecular formula is C13H18N2O2S. The second kappa shape index (κ2) is 6.00. The molecule has 0 aromatic heterocycles. The van der Waals surface area contributed by atoms with Gasteiger partial charge in [0.15, 0.2) is 0 Å². The molecule has 0 bridgehead atoms. The Morgan fingerprint density at radius 3 is 2.39 bits per heavy atom. The summed E-state index contributed by atoms with van der Waals surface area (Å²) in [5.74, 6) is 1.50. The summed E-state index contributed by atoms with van der Waals surface area (Å²) in [6.45, 7) is 0. The third-order valence-corrected chi connectivity index (χ3v) is 4.51. The monoisotopic (exact) mass is 266 g/mol. The Hall–Kier alpha value is -1.36. The van der Waals surface area contributed by atoms with Gasteiger partial charge in [-0.25, -0.2) is 0 Å². The average Bonchev–Trinajstić information content (AvgIpc) is 2.41. The van der Waals surface area contributed by atoms with Gasteiger partial charge < -0.3 is 10.6 Å². The summed E-state index contributed by atoms with van der Waals surface area (Å²) < 4.78 is 11.3. The van der Waals surface area contributed by atoms with Crippen molar-refractivity contribution >= 4 is 22.4 Å². The second-order valence-electron chi connectivity index (χ2n) is 4.42. The van der Waals surface area contributed by atoms with Gasteiger partial charge in [-0.15, -0.1) is 0 Å². The fourth-order valence-electron chi connectivity index (χ4n) is 2.04. The molecule has 1 aliphatic rings. The van der Waals surface area contributed by atoms with E-state index in [0.29, 0.717) is 11.6 Å². The van der Waals surface area contributed by atoms with Crippen LogP contribution < -0.4 is 10.6 Å². The van der Waals surface area contributed by atoms with E-state index in [0.717, 1.165) is 30.0 Å². The van der Waals surface area contributed by atoms with Crippen LogP contribution in [0.1, 0.15) is 23.2 Å². The molecule has 5 heteroatoms. The molecule has 2 N–H and O–H groups in total. The van der Waals surface area contributed by atoms with Crippen LogP contribution in [0, 0.1) is 0 Å². The first kappa shape index (κ1) is 13.1. The molecule has 1 aromatic carbocycles. The maximum Gasteiger partial charge on any atom is 0.251 e. The van der Waals surface area contributed by atoms with E-state index in [9.17, 15) is 9.00 Å². The van der Waals surface area contributed by atoms with Crippen LogP contribution in [0.25, 0.3) is 0 Å². The van der Waals surface area contributed by atoms with E-state index < -0.39 is 10.8 Å². The van der Waals surface area contributed by atoms with Gasteiger partial charge in [-0.2, -0.15) is 0 Å². The fourth-order valence-corrected chi connectivity index (χ4v) is 3.33. The Balaban J connectivity index is 1.94. The molecule has 1 fully saturated rings. The zero-order valence-electron chi connectivity index (χ0n) is 10.4. The van der Waals surface area contributed by atoms with E-state index in [-0.39, 0.29) is 5.91 Å². The molecule has 0 unspecified atom stereocenters. The van der Waals surface area contributed by atoms with E-state index in [2.05, 4.69) is 10.6 Å². The molecule has 98 valence electrons. The topological polar surface area (TPSA) is 58.2 Å². The number of hydrogen-bond acceptors (Lipinski definition) is 3. The van der Waals surface area contributed by atoms with Gasteiger partial charge in [-0.05, 0) is 37.1 Å². The predicted molar refractivity (Wildman–Crippen MR) is 74.4 cm³/mol. The summed E-state index contributed by atoms with van der Waals surface area (Å²) in [7, 11) is 0.999. The first-order valence-electron chi connectivity index (χ1n) is 6.12. The van der Waals surface area contributed by atoms with Gasteiger partial charge in [-0.1, -0.05) is 0 Å². The molecule has 0 saturated carbocycles. The quantitative estimate of drug-likeness (QED) is 0.868. The second-order valence-corrected chi connectivity index (χ2v) is 6.12. The van der Waals surface area contributed by atoms with E-state index in [1.54, 1.807) is 7.05 Å². The van der Waals surface area contributed by atoms with Gasteiger partial charge in [0.25, 0.3) is 5.91 Å². The highest BCUT2D eigenvalue weighted by Gasteiger charge is 2.17. The van der Waals surface area contributed by atoms with Crippen LogP contribution in [0.4, 0.5) is 5.69 Å². The smallest absolute Gasteiger partial charge is 0.251 e. The summed E-state index contributed by atoms with van der Waals surface area (Å²) in [5.41, 5.74) is 1.67. The number of amides is 1. The van der Waals surface area contributed by atoms with Crippen molar-refractivity contribution in [2.75, 3.05) is 23.9 Å². The predicted octanol–water partition coefficient (Wildman–Crippen LogP) is 1.37. The molecule has 1 saturated heterocycles. The normalized spacial score (nSPS) is 23.4. The van der Waals surface area contributed by atoms with Crippen LogP contribution in [-0.4, -0.2) is 34.7 Å². The van der Waals surface area contributed by atoms with Crippen LogP contribution in [0.15, 0.2) is 24.3 Å². The van der Waals surface area contributed by atoms with Crippen molar-refractivity contribution in [3.05, 3.63) is 29.8 Å². The molecule has 1 aliphatic heterocycles. The van der Waals surface area contributed by atoms with Crippen molar-refractivity contribution in [2.45, 2.75) is 18.9 Å². The van der Waals surface area contributed by atoms with Crippen LogP contribution in [0.5, 0.6) is 0 Å². The minimum Gasteiger partial charge on any atom is -0.382 e. The molecule has 0 radical (unpaired) electrons. The maximum atomic E-state index is 11.4. The van der Waals surface area contributed by atoms with Crippen molar-refractivity contribution in [3.8, 4) is 0 Å². The summed E-state index contributed by atoms with van der Waals surface area (Å²) in [5, 5.41) is 6.01.